The molecule has 0 radical (unpaired) electrons. The van der Waals surface area contributed by atoms with Gasteiger partial charge in [-0.25, -0.2) is 0 Å². The Morgan fingerprint density at radius 3 is 2.55 bits per heavy atom. The van der Waals surface area contributed by atoms with E-state index in [9.17, 15) is 0 Å². The standard InChI is InChI=1S/C21H20N/c1-20(2)17-10-5-4-9-16(17)18-12-11-14-7-6-8-15-13-21(20,3)22(18)19(14)15/h4-12H,13H2,1-3H3/q+1. The smallest absolute Gasteiger partial charge is 0.185 e. The van der Waals surface area contributed by atoms with E-state index in [2.05, 4.69) is 79.9 Å². The molecule has 22 heavy (non-hydrogen) atoms. The van der Waals surface area contributed by atoms with Crippen LogP contribution in [0.1, 0.15) is 31.9 Å². The molecule has 0 amide bonds. The van der Waals surface area contributed by atoms with Crippen LogP contribution in [-0.4, -0.2) is 0 Å². The fourth-order valence-electron chi connectivity index (χ4n) is 4.74. The molecule has 2 aromatic carbocycles. The first-order valence-electron chi connectivity index (χ1n) is 8.11. The van der Waals surface area contributed by atoms with Gasteiger partial charge in [-0.2, -0.15) is 4.57 Å². The molecule has 3 aromatic rings. The Kier molecular flexibility index (Phi) is 2.03. The maximum atomic E-state index is 2.62. The predicted octanol–water partition coefficient (Wildman–Crippen LogP) is 4.36. The van der Waals surface area contributed by atoms with Crippen molar-refractivity contribution in [3.8, 4) is 11.3 Å². The molecule has 0 N–H and O–H groups in total. The molecule has 0 aliphatic carbocycles. The molecule has 2 aliphatic heterocycles. The molecule has 0 fully saturated rings. The van der Waals surface area contributed by atoms with Gasteiger partial charge in [-0.3, -0.25) is 0 Å². The van der Waals surface area contributed by atoms with E-state index in [1.165, 1.54) is 33.3 Å². The average Bonchev–Trinajstić information content (AvgIpc) is 2.84. The van der Waals surface area contributed by atoms with Crippen molar-refractivity contribution in [1.29, 1.82) is 0 Å². The quantitative estimate of drug-likeness (QED) is 0.541. The summed E-state index contributed by atoms with van der Waals surface area (Å²) in [6, 6.07) is 20.3. The second-order valence-corrected chi connectivity index (χ2v) is 7.53. The fourth-order valence-corrected chi connectivity index (χ4v) is 4.74. The number of para-hydroxylation sites is 1. The molecule has 0 spiro atoms. The van der Waals surface area contributed by atoms with Crippen LogP contribution in [-0.2, 0) is 17.4 Å². The summed E-state index contributed by atoms with van der Waals surface area (Å²) in [6.45, 7) is 7.25. The van der Waals surface area contributed by atoms with Crippen molar-refractivity contribution < 1.29 is 4.57 Å². The monoisotopic (exact) mass is 286 g/mol. The Balaban J connectivity index is 2.04. The van der Waals surface area contributed by atoms with Crippen LogP contribution in [0.2, 0.25) is 0 Å². The third kappa shape index (κ3) is 1.17. The van der Waals surface area contributed by atoms with E-state index in [0.717, 1.165) is 6.42 Å². The highest BCUT2D eigenvalue weighted by atomic mass is 15.1. The lowest BCUT2D eigenvalue weighted by molar-refractivity contribution is -0.734. The van der Waals surface area contributed by atoms with Crippen molar-refractivity contribution in [2.75, 3.05) is 0 Å². The van der Waals surface area contributed by atoms with Crippen molar-refractivity contribution >= 4 is 10.9 Å². The van der Waals surface area contributed by atoms with Crippen LogP contribution in [0.25, 0.3) is 22.2 Å². The van der Waals surface area contributed by atoms with Gasteiger partial charge in [0.05, 0.1) is 11.0 Å². The van der Waals surface area contributed by atoms with Gasteiger partial charge in [0.25, 0.3) is 0 Å². The summed E-state index contributed by atoms with van der Waals surface area (Å²) in [5, 5.41) is 1.36. The van der Waals surface area contributed by atoms with E-state index in [-0.39, 0.29) is 11.0 Å². The van der Waals surface area contributed by atoms with Crippen LogP contribution in [0, 0.1) is 0 Å². The van der Waals surface area contributed by atoms with Crippen molar-refractivity contribution in [1.82, 2.24) is 0 Å². The first-order chi connectivity index (χ1) is 10.5. The lowest BCUT2D eigenvalue weighted by Crippen LogP contribution is -2.65. The van der Waals surface area contributed by atoms with Gasteiger partial charge >= 0.3 is 0 Å². The van der Waals surface area contributed by atoms with Gasteiger partial charge in [0.1, 0.15) is 0 Å². The normalized spacial score (nSPS) is 23.6. The van der Waals surface area contributed by atoms with Gasteiger partial charge in [-0.15, -0.1) is 0 Å². The maximum Gasteiger partial charge on any atom is 0.216 e. The zero-order chi connectivity index (χ0) is 15.1. The molecule has 1 atom stereocenters. The lowest BCUT2D eigenvalue weighted by Gasteiger charge is -2.42. The van der Waals surface area contributed by atoms with Gasteiger partial charge in [0, 0.05) is 30.4 Å². The highest BCUT2D eigenvalue weighted by Crippen LogP contribution is 2.50. The summed E-state index contributed by atoms with van der Waals surface area (Å²) in [6.07, 6.45) is 1.11. The van der Waals surface area contributed by atoms with Gasteiger partial charge < -0.3 is 0 Å². The van der Waals surface area contributed by atoms with E-state index in [4.69, 9.17) is 0 Å². The predicted molar refractivity (Wildman–Crippen MR) is 90.0 cm³/mol. The Labute approximate surface area is 131 Å². The SMILES string of the molecule is CC1(C)c2ccccc2-c2ccc3cccc4c3[n+]2C1(C)C4. The minimum Gasteiger partial charge on any atom is -0.185 e. The zero-order valence-electron chi connectivity index (χ0n) is 13.4. The number of hydrogen-bond donors (Lipinski definition) is 0. The number of aromatic nitrogens is 1. The van der Waals surface area contributed by atoms with E-state index < -0.39 is 0 Å². The summed E-state index contributed by atoms with van der Waals surface area (Å²) < 4.78 is 2.62. The van der Waals surface area contributed by atoms with Gasteiger partial charge in [-0.1, -0.05) is 30.3 Å². The number of rotatable bonds is 0. The summed E-state index contributed by atoms with van der Waals surface area (Å²) in [5.41, 5.74) is 7.37. The Morgan fingerprint density at radius 2 is 1.68 bits per heavy atom. The molecule has 2 aliphatic rings. The molecular formula is C21H20N+. The molecule has 3 heterocycles. The minimum atomic E-state index is 0.0971. The molecule has 1 aromatic heterocycles. The van der Waals surface area contributed by atoms with Crippen LogP contribution >= 0.6 is 0 Å². The highest BCUT2D eigenvalue weighted by Gasteiger charge is 2.59. The Hall–Kier alpha value is -2.15. The first kappa shape index (κ1) is 12.4. The van der Waals surface area contributed by atoms with Gasteiger partial charge in [0.15, 0.2) is 5.54 Å². The van der Waals surface area contributed by atoms with Crippen LogP contribution in [0.4, 0.5) is 0 Å². The Bertz CT molecular complexity index is 951. The molecule has 1 heteroatoms. The number of nitrogens with zero attached hydrogens (tertiary/aromatic N) is 1. The summed E-state index contributed by atoms with van der Waals surface area (Å²) in [5.74, 6) is 0. The van der Waals surface area contributed by atoms with Crippen LogP contribution in [0.15, 0.2) is 54.6 Å². The van der Waals surface area contributed by atoms with Crippen LogP contribution in [0.5, 0.6) is 0 Å². The summed E-state index contributed by atoms with van der Waals surface area (Å²) >= 11 is 0. The fraction of sp³-hybridized carbons (Fsp3) is 0.286. The van der Waals surface area contributed by atoms with Crippen molar-refractivity contribution in [3.05, 3.63) is 65.7 Å². The number of hydrogen-bond acceptors (Lipinski definition) is 0. The van der Waals surface area contributed by atoms with E-state index >= 15 is 0 Å². The van der Waals surface area contributed by atoms with Crippen molar-refractivity contribution in [3.63, 3.8) is 0 Å². The van der Waals surface area contributed by atoms with Crippen LogP contribution in [0.3, 0.4) is 0 Å². The van der Waals surface area contributed by atoms with Crippen LogP contribution < -0.4 is 4.57 Å². The zero-order valence-corrected chi connectivity index (χ0v) is 13.4. The minimum absolute atomic E-state index is 0.0971. The van der Waals surface area contributed by atoms with Crippen molar-refractivity contribution in [2.24, 2.45) is 0 Å². The van der Waals surface area contributed by atoms with E-state index in [0.29, 0.717) is 0 Å². The lowest BCUT2D eigenvalue weighted by atomic mass is 9.63. The number of fused-ring (bicyclic) bond motifs is 2. The second kappa shape index (κ2) is 3.60. The van der Waals surface area contributed by atoms with Gasteiger partial charge in [-0.05, 0) is 37.6 Å². The van der Waals surface area contributed by atoms with E-state index in [1.807, 2.05) is 0 Å². The molecule has 0 saturated carbocycles. The average molecular weight is 286 g/mol. The van der Waals surface area contributed by atoms with Gasteiger partial charge in [0.2, 0.25) is 11.2 Å². The molecular weight excluding hydrogens is 266 g/mol. The molecule has 5 rings (SSSR count). The molecule has 1 unspecified atom stereocenters. The number of benzene rings is 2. The largest absolute Gasteiger partial charge is 0.216 e. The molecule has 0 saturated heterocycles. The Morgan fingerprint density at radius 1 is 0.864 bits per heavy atom. The third-order valence-electron chi connectivity index (χ3n) is 6.29. The molecule has 108 valence electrons. The first-order valence-corrected chi connectivity index (χ1v) is 8.11. The third-order valence-corrected chi connectivity index (χ3v) is 6.29. The topological polar surface area (TPSA) is 3.88 Å². The second-order valence-electron chi connectivity index (χ2n) is 7.53. The highest BCUT2D eigenvalue weighted by molar-refractivity contribution is 5.83. The summed E-state index contributed by atoms with van der Waals surface area (Å²) in [4.78, 5) is 0. The van der Waals surface area contributed by atoms with Crippen molar-refractivity contribution in [2.45, 2.75) is 38.1 Å². The molecule has 0 bridgehead atoms. The summed E-state index contributed by atoms with van der Waals surface area (Å²) in [7, 11) is 0. The maximum absolute atomic E-state index is 2.62. The molecule has 1 nitrogen and oxygen atoms in total. The number of pyridine rings is 1. The van der Waals surface area contributed by atoms with E-state index in [1.54, 1.807) is 0 Å².